The summed E-state index contributed by atoms with van der Waals surface area (Å²) in [5.74, 6) is -1.06. The molecule has 0 bridgehead atoms. The van der Waals surface area contributed by atoms with Crippen molar-refractivity contribution in [2.24, 2.45) is 0 Å². The van der Waals surface area contributed by atoms with E-state index in [-0.39, 0.29) is 18.6 Å². The zero-order valence-electron chi connectivity index (χ0n) is 14.5. The van der Waals surface area contributed by atoms with Crippen LogP contribution in [0.1, 0.15) is 39.9 Å². The highest BCUT2D eigenvalue weighted by Crippen LogP contribution is 2.18. The summed E-state index contributed by atoms with van der Waals surface area (Å²) >= 11 is 1.40. The largest absolute Gasteiger partial charge is 0.453 e. The molecule has 0 spiro atoms. The lowest BCUT2D eigenvalue weighted by Crippen LogP contribution is -2.30. The van der Waals surface area contributed by atoms with Crippen molar-refractivity contribution >= 4 is 34.7 Å². The van der Waals surface area contributed by atoms with E-state index >= 15 is 0 Å². The van der Waals surface area contributed by atoms with Crippen LogP contribution in [-0.4, -0.2) is 23.8 Å². The standard InChI is InChI=1S/C19H21NO4S/c1-12-5-4-6-15(11-12)20-19(23)14(3)24-18(22)10-8-16(21)17-9-7-13(2)25-17/h4-7,9,11,14H,8,10H2,1-3H3,(H,20,23)/t14-/m0/s1. The monoisotopic (exact) mass is 359 g/mol. The molecule has 0 aliphatic rings. The molecule has 1 heterocycles. The summed E-state index contributed by atoms with van der Waals surface area (Å²) in [5.41, 5.74) is 1.67. The van der Waals surface area contributed by atoms with Crippen molar-refractivity contribution in [3.05, 3.63) is 51.7 Å². The van der Waals surface area contributed by atoms with Gasteiger partial charge in [-0.3, -0.25) is 14.4 Å². The molecule has 132 valence electrons. The van der Waals surface area contributed by atoms with Gasteiger partial charge in [-0.05, 0) is 50.6 Å². The molecule has 1 N–H and O–H groups in total. The van der Waals surface area contributed by atoms with Crippen LogP contribution < -0.4 is 5.32 Å². The highest BCUT2D eigenvalue weighted by atomic mass is 32.1. The molecule has 5 nitrogen and oxygen atoms in total. The number of ketones is 1. The third-order valence-electron chi connectivity index (χ3n) is 3.53. The summed E-state index contributed by atoms with van der Waals surface area (Å²) in [6.45, 7) is 5.35. The van der Waals surface area contributed by atoms with Gasteiger partial charge in [-0.2, -0.15) is 0 Å². The van der Waals surface area contributed by atoms with Gasteiger partial charge in [-0.25, -0.2) is 0 Å². The van der Waals surface area contributed by atoms with Crippen molar-refractivity contribution in [1.82, 2.24) is 0 Å². The minimum atomic E-state index is -0.924. The van der Waals surface area contributed by atoms with Crippen LogP contribution in [0, 0.1) is 13.8 Å². The molecule has 2 aromatic rings. The van der Waals surface area contributed by atoms with E-state index in [9.17, 15) is 14.4 Å². The van der Waals surface area contributed by atoms with Crippen LogP contribution in [0.25, 0.3) is 0 Å². The molecule has 0 aliphatic carbocycles. The molecule has 1 amide bonds. The maximum Gasteiger partial charge on any atom is 0.307 e. The Morgan fingerprint density at radius 3 is 2.52 bits per heavy atom. The Bertz CT molecular complexity index is 781. The van der Waals surface area contributed by atoms with Crippen molar-refractivity contribution in [3.63, 3.8) is 0 Å². The van der Waals surface area contributed by atoms with Gasteiger partial charge in [-0.1, -0.05) is 12.1 Å². The number of carbonyl (C=O) groups is 3. The molecule has 0 fully saturated rings. The molecule has 0 saturated carbocycles. The molecule has 2 rings (SSSR count). The van der Waals surface area contributed by atoms with E-state index in [1.54, 1.807) is 12.1 Å². The number of carbonyl (C=O) groups excluding carboxylic acids is 3. The van der Waals surface area contributed by atoms with Gasteiger partial charge < -0.3 is 10.1 Å². The summed E-state index contributed by atoms with van der Waals surface area (Å²) in [6.07, 6.45) is -0.893. The van der Waals surface area contributed by atoms with E-state index in [4.69, 9.17) is 4.74 Å². The highest BCUT2D eigenvalue weighted by Gasteiger charge is 2.19. The van der Waals surface area contributed by atoms with Gasteiger partial charge in [0.25, 0.3) is 5.91 Å². The van der Waals surface area contributed by atoms with Gasteiger partial charge >= 0.3 is 5.97 Å². The number of hydrogen-bond donors (Lipinski definition) is 1. The molecular formula is C19H21NO4S. The summed E-state index contributed by atoms with van der Waals surface area (Å²) in [5, 5.41) is 2.70. The molecule has 6 heteroatoms. The second kappa shape index (κ2) is 8.58. The number of esters is 1. The first kappa shape index (κ1) is 18.9. The molecule has 0 aliphatic heterocycles. The number of thiophene rings is 1. The zero-order chi connectivity index (χ0) is 18.4. The average molecular weight is 359 g/mol. The number of rotatable bonds is 7. The summed E-state index contributed by atoms with van der Waals surface area (Å²) in [7, 11) is 0. The van der Waals surface area contributed by atoms with Crippen molar-refractivity contribution in [2.75, 3.05) is 5.32 Å². The Morgan fingerprint density at radius 1 is 1.12 bits per heavy atom. The third-order valence-corrected chi connectivity index (χ3v) is 4.58. The fourth-order valence-electron chi connectivity index (χ4n) is 2.20. The number of benzene rings is 1. The average Bonchev–Trinajstić information content (AvgIpc) is 2.99. The Hall–Kier alpha value is -2.47. The van der Waals surface area contributed by atoms with E-state index in [1.807, 2.05) is 38.1 Å². The number of hydrogen-bond acceptors (Lipinski definition) is 5. The van der Waals surface area contributed by atoms with Crippen molar-refractivity contribution < 1.29 is 19.1 Å². The van der Waals surface area contributed by atoms with Crippen LogP contribution in [0.2, 0.25) is 0 Å². The molecule has 0 radical (unpaired) electrons. The fraction of sp³-hybridized carbons (Fsp3) is 0.316. The van der Waals surface area contributed by atoms with Gasteiger partial charge in [0.05, 0.1) is 11.3 Å². The van der Waals surface area contributed by atoms with Gasteiger partial charge in [0, 0.05) is 17.0 Å². The van der Waals surface area contributed by atoms with E-state index in [2.05, 4.69) is 5.32 Å². The highest BCUT2D eigenvalue weighted by molar-refractivity contribution is 7.14. The molecule has 1 atom stereocenters. The first-order valence-electron chi connectivity index (χ1n) is 8.02. The van der Waals surface area contributed by atoms with E-state index in [0.717, 1.165) is 10.4 Å². The van der Waals surface area contributed by atoms with Crippen LogP contribution in [0.5, 0.6) is 0 Å². The van der Waals surface area contributed by atoms with Gasteiger partial charge in [0.15, 0.2) is 11.9 Å². The molecule has 1 aromatic carbocycles. The number of amides is 1. The topological polar surface area (TPSA) is 72.5 Å². The van der Waals surface area contributed by atoms with Gasteiger partial charge in [-0.15, -0.1) is 11.3 Å². The summed E-state index contributed by atoms with van der Waals surface area (Å²) in [6, 6.07) is 11.0. The van der Waals surface area contributed by atoms with Gasteiger partial charge in [0.2, 0.25) is 0 Å². The first-order valence-corrected chi connectivity index (χ1v) is 8.83. The predicted molar refractivity (Wildman–Crippen MR) is 98.0 cm³/mol. The third kappa shape index (κ3) is 5.83. The second-order valence-corrected chi connectivity index (χ2v) is 7.11. The maximum atomic E-state index is 12.1. The Morgan fingerprint density at radius 2 is 1.88 bits per heavy atom. The smallest absolute Gasteiger partial charge is 0.307 e. The lowest BCUT2D eigenvalue weighted by molar-refractivity contribution is -0.153. The number of ether oxygens (including phenoxy) is 1. The van der Waals surface area contributed by atoms with Crippen LogP contribution in [-0.2, 0) is 14.3 Å². The van der Waals surface area contributed by atoms with Crippen molar-refractivity contribution in [3.8, 4) is 0 Å². The second-order valence-electron chi connectivity index (χ2n) is 5.82. The Balaban J connectivity index is 1.79. The minimum absolute atomic E-state index is 0.0438. The maximum absolute atomic E-state index is 12.1. The molecule has 0 unspecified atom stereocenters. The Labute approximate surface area is 151 Å². The number of Topliss-reactive ketones (excluding diaryl/α,β-unsaturated/α-hetero) is 1. The summed E-state index contributed by atoms with van der Waals surface area (Å²) < 4.78 is 5.11. The molecule has 1 aromatic heterocycles. The minimum Gasteiger partial charge on any atom is -0.453 e. The molecule has 25 heavy (non-hydrogen) atoms. The molecular weight excluding hydrogens is 338 g/mol. The SMILES string of the molecule is Cc1cccc(NC(=O)[C@H](C)OC(=O)CCC(=O)c2ccc(C)s2)c1. The van der Waals surface area contributed by atoms with E-state index < -0.39 is 18.0 Å². The van der Waals surface area contributed by atoms with Crippen LogP contribution >= 0.6 is 11.3 Å². The fourth-order valence-corrected chi connectivity index (χ4v) is 3.03. The normalized spacial score (nSPS) is 11.6. The first-order chi connectivity index (χ1) is 11.8. The molecule has 0 saturated heterocycles. The predicted octanol–water partition coefficient (Wildman–Crippen LogP) is 3.90. The van der Waals surface area contributed by atoms with E-state index in [0.29, 0.717) is 10.6 Å². The zero-order valence-corrected chi connectivity index (χ0v) is 15.3. The van der Waals surface area contributed by atoms with Crippen LogP contribution in [0.3, 0.4) is 0 Å². The van der Waals surface area contributed by atoms with Crippen LogP contribution in [0.4, 0.5) is 5.69 Å². The number of aryl methyl sites for hydroxylation is 2. The lowest BCUT2D eigenvalue weighted by Gasteiger charge is -2.13. The number of anilines is 1. The van der Waals surface area contributed by atoms with Gasteiger partial charge in [0.1, 0.15) is 0 Å². The van der Waals surface area contributed by atoms with E-state index in [1.165, 1.54) is 18.3 Å². The van der Waals surface area contributed by atoms with Crippen LogP contribution in [0.15, 0.2) is 36.4 Å². The van der Waals surface area contributed by atoms with Crippen molar-refractivity contribution in [2.45, 2.75) is 39.7 Å². The number of nitrogens with one attached hydrogen (secondary N) is 1. The lowest BCUT2D eigenvalue weighted by atomic mass is 10.2. The van der Waals surface area contributed by atoms with Crippen molar-refractivity contribution in [1.29, 1.82) is 0 Å². The summed E-state index contributed by atoms with van der Waals surface area (Å²) in [4.78, 5) is 37.6. The Kier molecular flexibility index (Phi) is 6.47. The quantitative estimate of drug-likeness (QED) is 0.601.